The van der Waals surface area contributed by atoms with Crippen LogP contribution in [0.3, 0.4) is 0 Å². The van der Waals surface area contributed by atoms with Gasteiger partial charge in [-0.05, 0) is 25.5 Å². The minimum atomic E-state index is -0.787. The normalized spacial score (nSPS) is 18.5. The molecule has 1 aliphatic rings. The van der Waals surface area contributed by atoms with E-state index in [0.29, 0.717) is 13.0 Å². The topological polar surface area (TPSA) is 73.2 Å². The van der Waals surface area contributed by atoms with Crippen molar-refractivity contribution in [2.75, 3.05) is 6.54 Å². The van der Waals surface area contributed by atoms with E-state index in [4.69, 9.17) is 4.74 Å². The lowest BCUT2D eigenvalue weighted by molar-refractivity contribution is -0.124. The maximum atomic E-state index is 13.8. The van der Waals surface area contributed by atoms with Gasteiger partial charge in [0, 0.05) is 31.1 Å². The van der Waals surface area contributed by atoms with E-state index in [2.05, 4.69) is 10.4 Å². The molecule has 0 bridgehead atoms. The molecule has 2 atom stereocenters. The summed E-state index contributed by atoms with van der Waals surface area (Å²) in [6.07, 6.45) is 3.20. The first-order valence-electron chi connectivity index (χ1n) is 7.92. The lowest BCUT2D eigenvalue weighted by atomic mass is 9.92. The summed E-state index contributed by atoms with van der Waals surface area (Å²) >= 11 is 0. The number of benzene rings is 1. The van der Waals surface area contributed by atoms with Crippen molar-refractivity contribution < 1.29 is 23.1 Å². The van der Waals surface area contributed by atoms with Gasteiger partial charge in [0.1, 0.15) is 17.6 Å². The average molecular weight is 349 g/mol. The van der Waals surface area contributed by atoms with Gasteiger partial charge in [-0.15, -0.1) is 0 Å². The number of nitrogens with one attached hydrogen (secondary N) is 1. The van der Waals surface area contributed by atoms with Crippen molar-refractivity contribution in [1.29, 1.82) is 0 Å². The summed E-state index contributed by atoms with van der Waals surface area (Å²) in [5.74, 6) is -2.18. The molecule has 0 saturated carbocycles. The van der Waals surface area contributed by atoms with Crippen LogP contribution in [0.4, 0.5) is 8.78 Å². The smallest absolute Gasteiger partial charge is 0.341 e. The van der Waals surface area contributed by atoms with Crippen molar-refractivity contribution in [2.24, 2.45) is 5.92 Å². The molecule has 25 heavy (non-hydrogen) atoms. The molecule has 1 amide bonds. The van der Waals surface area contributed by atoms with Crippen molar-refractivity contribution in [1.82, 2.24) is 15.1 Å². The van der Waals surface area contributed by atoms with Gasteiger partial charge in [0.25, 0.3) is 0 Å². The quantitative estimate of drug-likeness (QED) is 0.859. The first kappa shape index (κ1) is 17.1. The van der Waals surface area contributed by atoms with Crippen LogP contribution >= 0.6 is 0 Å². The van der Waals surface area contributed by atoms with E-state index in [1.54, 1.807) is 6.92 Å². The second kappa shape index (κ2) is 7.00. The number of amides is 1. The number of hydrogen-bond acceptors (Lipinski definition) is 4. The number of aromatic nitrogens is 2. The van der Waals surface area contributed by atoms with Crippen molar-refractivity contribution in [2.45, 2.75) is 25.9 Å². The third-order valence-electron chi connectivity index (χ3n) is 4.22. The van der Waals surface area contributed by atoms with Gasteiger partial charge in [0.05, 0.1) is 11.8 Å². The Morgan fingerprint density at radius 2 is 2.24 bits per heavy atom. The Hall–Kier alpha value is -2.77. The standard InChI is InChI=1S/C17H17F2N3O3/c1-10(11-4-5-20-16(23)6-11)25-17(24)12-8-21-22(9-12)15-3-2-13(18)7-14(15)19/h2-3,7-11H,4-6H2,1H3,(H,20,23). The van der Waals surface area contributed by atoms with Gasteiger partial charge in [-0.1, -0.05) is 0 Å². The molecule has 8 heteroatoms. The van der Waals surface area contributed by atoms with Gasteiger partial charge < -0.3 is 10.1 Å². The third-order valence-corrected chi connectivity index (χ3v) is 4.22. The molecule has 1 aromatic heterocycles. The van der Waals surface area contributed by atoms with Gasteiger partial charge in [0.15, 0.2) is 5.82 Å². The summed E-state index contributed by atoms with van der Waals surface area (Å²) in [7, 11) is 0. The fraction of sp³-hybridized carbons (Fsp3) is 0.353. The van der Waals surface area contributed by atoms with E-state index >= 15 is 0 Å². The summed E-state index contributed by atoms with van der Waals surface area (Å²) in [6, 6.07) is 3.08. The van der Waals surface area contributed by atoms with Crippen LogP contribution in [0.2, 0.25) is 0 Å². The Bertz CT molecular complexity index is 806. The number of hydrogen-bond donors (Lipinski definition) is 1. The van der Waals surface area contributed by atoms with E-state index in [9.17, 15) is 18.4 Å². The van der Waals surface area contributed by atoms with Crippen molar-refractivity contribution >= 4 is 11.9 Å². The number of ether oxygens (including phenoxy) is 1. The minimum Gasteiger partial charge on any atom is -0.459 e. The molecule has 0 spiro atoms. The molecule has 1 saturated heterocycles. The Balaban J connectivity index is 1.69. The maximum absolute atomic E-state index is 13.8. The van der Waals surface area contributed by atoms with Gasteiger partial charge >= 0.3 is 5.97 Å². The van der Waals surface area contributed by atoms with Gasteiger partial charge in [-0.25, -0.2) is 18.3 Å². The van der Waals surface area contributed by atoms with E-state index in [1.807, 2.05) is 0 Å². The highest BCUT2D eigenvalue weighted by Crippen LogP contribution is 2.21. The Labute approximate surface area is 142 Å². The molecule has 1 N–H and O–H groups in total. The summed E-state index contributed by atoms with van der Waals surface area (Å²) in [4.78, 5) is 23.7. The van der Waals surface area contributed by atoms with E-state index in [1.165, 1.54) is 18.5 Å². The van der Waals surface area contributed by atoms with Crippen LogP contribution in [-0.2, 0) is 9.53 Å². The maximum Gasteiger partial charge on any atom is 0.341 e. The molecule has 2 unspecified atom stereocenters. The molecule has 0 radical (unpaired) electrons. The minimum absolute atomic E-state index is 0.0254. The third kappa shape index (κ3) is 3.84. The van der Waals surface area contributed by atoms with E-state index in [0.717, 1.165) is 23.2 Å². The van der Waals surface area contributed by atoms with Crippen molar-refractivity contribution in [3.63, 3.8) is 0 Å². The zero-order valence-corrected chi connectivity index (χ0v) is 13.5. The second-order valence-corrected chi connectivity index (χ2v) is 5.98. The Kier molecular flexibility index (Phi) is 4.78. The van der Waals surface area contributed by atoms with Crippen LogP contribution < -0.4 is 5.32 Å². The summed E-state index contributed by atoms with van der Waals surface area (Å²) < 4.78 is 33.3. The van der Waals surface area contributed by atoms with Gasteiger partial charge in [0.2, 0.25) is 5.91 Å². The number of rotatable bonds is 4. The summed E-state index contributed by atoms with van der Waals surface area (Å²) in [6.45, 7) is 2.30. The zero-order valence-electron chi connectivity index (χ0n) is 13.5. The molecule has 132 valence electrons. The van der Waals surface area contributed by atoms with E-state index in [-0.39, 0.29) is 23.1 Å². The molecular formula is C17H17F2N3O3. The first-order chi connectivity index (χ1) is 11.9. The number of esters is 1. The van der Waals surface area contributed by atoms with Crippen LogP contribution in [0.25, 0.3) is 5.69 Å². The zero-order chi connectivity index (χ0) is 18.0. The molecule has 6 nitrogen and oxygen atoms in total. The molecule has 1 aliphatic heterocycles. The summed E-state index contributed by atoms with van der Waals surface area (Å²) in [5.41, 5.74) is 0.174. The number of carbonyl (C=O) groups excluding carboxylic acids is 2. The molecule has 2 aromatic rings. The largest absolute Gasteiger partial charge is 0.459 e. The first-order valence-corrected chi connectivity index (χ1v) is 7.92. The lowest BCUT2D eigenvalue weighted by Crippen LogP contribution is -2.38. The molecular weight excluding hydrogens is 332 g/mol. The van der Waals surface area contributed by atoms with E-state index < -0.39 is 23.7 Å². The van der Waals surface area contributed by atoms with Crippen LogP contribution in [-0.4, -0.2) is 34.3 Å². The average Bonchev–Trinajstić information content (AvgIpc) is 3.04. The predicted molar refractivity (Wildman–Crippen MR) is 84.1 cm³/mol. The van der Waals surface area contributed by atoms with Crippen LogP contribution in [0.15, 0.2) is 30.6 Å². The number of nitrogens with zero attached hydrogens (tertiary/aromatic N) is 2. The predicted octanol–water partition coefficient (Wildman–Crippen LogP) is 2.22. The van der Waals surface area contributed by atoms with Crippen LogP contribution in [0.1, 0.15) is 30.1 Å². The van der Waals surface area contributed by atoms with Crippen LogP contribution in [0, 0.1) is 17.6 Å². The highest BCUT2D eigenvalue weighted by molar-refractivity contribution is 5.89. The molecule has 3 rings (SSSR count). The Morgan fingerprint density at radius 1 is 1.44 bits per heavy atom. The molecule has 2 heterocycles. The molecule has 0 aliphatic carbocycles. The van der Waals surface area contributed by atoms with Crippen LogP contribution in [0.5, 0.6) is 0 Å². The van der Waals surface area contributed by atoms with Gasteiger partial charge in [-0.3, -0.25) is 4.79 Å². The Morgan fingerprint density at radius 3 is 2.96 bits per heavy atom. The number of piperidine rings is 1. The number of halogens is 2. The highest BCUT2D eigenvalue weighted by atomic mass is 19.1. The van der Waals surface area contributed by atoms with Gasteiger partial charge in [-0.2, -0.15) is 5.10 Å². The van der Waals surface area contributed by atoms with Crippen molar-refractivity contribution in [3.8, 4) is 5.69 Å². The lowest BCUT2D eigenvalue weighted by Gasteiger charge is -2.27. The SMILES string of the molecule is CC(OC(=O)c1cnn(-c2ccc(F)cc2F)c1)C1CCNC(=O)C1. The molecule has 1 fully saturated rings. The monoisotopic (exact) mass is 349 g/mol. The fourth-order valence-corrected chi connectivity index (χ4v) is 2.77. The highest BCUT2D eigenvalue weighted by Gasteiger charge is 2.27. The fourth-order valence-electron chi connectivity index (χ4n) is 2.77. The number of carbonyl (C=O) groups is 2. The second-order valence-electron chi connectivity index (χ2n) is 5.98. The molecule has 1 aromatic carbocycles. The summed E-state index contributed by atoms with van der Waals surface area (Å²) in [5, 5.41) is 6.65. The van der Waals surface area contributed by atoms with Crippen molar-refractivity contribution in [3.05, 3.63) is 47.8 Å².